The van der Waals surface area contributed by atoms with Crippen molar-refractivity contribution in [2.45, 2.75) is 72.4 Å². The molecule has 1 rings (SSSR count). The van der Waals surface area contributed by atoms with Crippen molar-refractivity contribution in [3.63, 3.8) is 0 Å². The van der Waals surface area contributed by atoms with E-state index in [1.54, 1.807) is 0 Å². The van der Waals surface area contributed by atoms with Gasteiger partial charge in [0.05, 0.1) is 12.3 Å². The Labute approximate surface area is 130 Å². The van der Waals surface area contributed by atoms with Gasteiger partial charge in [0.25, 0.3) is 0 Å². The van der Waals surface area contributed by atoms with E-state index in [9.17, 15) is 0 Å². The molecule has 1 atom stereocenters. The Morgan fingerprint density at radius 2 is 2.05 bits per heavy atom. The first-order valence-corrected chi connectivity index (χ1v) is 8.27. The third-order valence-electron chi connectivity index (χ3n) is 3.62. The zero-order valence-electron chi connectivity index (χ0n) is 14.4. The van der Waals surface area contributed by atoms with Gasteiger partial charge in [-0.2, -0.15) is 0 Å². The zero-order valence-corrected chi connectivity index (χ0v) is 14.4. The molecule has 1 N–H and O–H groups in total. The van der Waals surface area contributed by atoms with Crippen LogP contribution in [0.2, 0.25) is 0 Å². The van der Waals surface area contributed by atoms with Gasteiger partial charge < -0.3 is 10.1 Å². The molecule has 0 amide bonds. The molecule has 0 saturated heterocycles. The van der Waals surface area contributed by atoms with Crippen molar-refractivity contribution in [1.29, 1.82) is 0 Å². The van der Waals surface area contributed by atoms with Gasteiger partial charge >= 0.3 is 0 Å². The van der Waals surface area contributed by atoms with Gasteiger partial charge in [-0.05, 0) is 39.2 Å². The molecule has 120 valence electrons. The van der Waals surface area contributed by atoms with Gasteiger partial charge in [-0.25, -0.2) is 0 Å². The largest absolute Gasteiger partial charge is 0.493 e. The summed E-state index contributed by atoms with van der Waals surface area (Å²) in [5, 5.41) is 3.45. The summed E-state index contributed by atoms with van der Waals surface area (Å²) in [5.41, 5.74) is 1.13. The summed E-state index contributed by atoms with van der Waals surface area (Å²) in [6, 6.07) is 4.00. The standard InChI is InChI=1S/C18H32N2O/c1-6-8-9-15(7-2)14-21-17-10-11-19-16(12-17)13-20-18(3,4)5/h10-12,15,20H,6-9,13-14H2,1-5H3. The van der Waals surface area contributed by atoms with Crippen LogP contribution in [0.3, 0.4) is 0 Å². The average molecular weight is 292 g/mol. The highest BCUT2D eigenvalue weighted by Crippen LogP contribution is 2.17. The maximum Gasteiger partial charge on any atom is 0.122 e. The number of ether oxygens (including phenoxy) is 1. The van der Waals surface area contributed by atoms with Gasteiger partial charge in [0.1, 0.15) is 5.75 Å². The van der Waals surface area contributed by atoms with E-state index in [-0.39, 0.29) is 5.54 Å². The maximum absolute atomic E-state index is 5.96. The average Bonchev–Trinajstić information content (AvgIpc) is 2.45. The molecule has 0 saturated carbocycles. The molecule has 0 spiro atoms. The highest BCUT2D eigenvalue weighted by molar-refractivity contribution is 5.22. The van der Waals surface area contributed by atoms with Crippen molar-refractivity contribution in [3.8, 4) is 5.75 Å². The number of unbranched alkanes of at least 4 members (excludes halogenated alkanes) is 1. The van der Waals surface area contributed by atoms with Gasteiger partial charge in [0.15, 0.2) is 0 Å². The fourth-order valence-electron chi connectivity index (χ4n) is 2.11. The number of aromatic nitrogens is 1. The van der Waals surface area contributed by atoms with Crippen LogP contribution in [0.5, 0.6) is 5.75 Å². The molecule has 0 radical (unpaired) electrons. The predicted molar refractivity (Wildman–Crippen MR) is 89.6 cm³/mol. The fraction of sp³-hybridized carbons (Fsp3) is 0.722. The molecular weight excluding hydrogens is 260 g/mol. The summed E-state index contributed by atoms with van der Waals surface area (Å²) >= 11 is 0. The lowest BCUT2D eigenvalue weighted by Gasteiger charge is -2.20. The third-order valence-corrected chi connectivity index (χ3v) is 3.62. The minimum Gasteiger partial charge on any atom is -0.493 e. The summed E-state index contributed by atoms with van der Waals surface area (Å²) in [6.45, 7) is 12.5. The van der Waals surface area contributed by atoms with Gasteiger partial charge in [-0.3, -0.25) is 4.98 Å². The third kappa shape index (κ3) is 8.05. The molecule has 1 heterocycles. The van der Waals surface area contributed by atoms with E-state index in [1.165, 1.54) is 25.7 Å². The molecular formula is C18H32N2O. The van der Waals surface area contributed by atoms with Gasteiger partial charge in [-0.1, -0.05) is 33.1 Å². The molecule has 1 aromatic rings. The lowest BCUT2D eigenvalue weighted by molar-refractivity contribution is 0.233. The van der Waals surface area contributed by atoms with Crippen molar-refractivity contribution in [3.05, 3.63) is 24.0 Å². The Kier molecular flexibility index (Phi) is 7.73. The van der Waals surface area contributed by atoms with E-state index in [2.05, 4.69) is 44.9 Å². The minimum absolute atomic E-state index is 0.103. The van der Waals surface area contributed by atoms with Crippen LogP contribution in [0.1, 0.15) is 66.0 Å². The van der Waals surface area contributed by atoms with Crippen LogP contribution in [0.4, 0.5) is 0 Å². The number of pyridine rings is 1. The first-order chi connectivity index (χ1) is 9.94. The molecule has 1 unspecified atom stereocenters. The topological polar surface area (TPSA) is 34.1 Å². The second-order valence-electron chi connectivity index (χ2n) is 6.81. The Morgan fingerprint density at radius 3 is 2.67 bits per heavy atom. The van der Waals surface area contributed by atoms with E-state index in [0.717, 1.165) is 24.6 Å². The number of nitrogens with one attached hydrogen (secondary N) is 1. The van der Waals surface area contributed by atoms with Gasteiger partial charge in [0, 0.05) is 24.3 Å². The van der Waals surface area contributed by atoms with E-state index in [4.69, 9.17) is 4.74 Å². The van der Waals surface area contributed by atoms with Crippen LogP contribution in [-0.2, 0) is 6.54 Å². The Morgan fingerprint density at radius 1 is 1.29 bits per heavy atom. The second-order valence-corrected chi connectivity index (χ2v) is 6.81. The van der Waals surface area contributed by atoms with Crippen molar-refractivity contribution >= 4 is 0 Å². The summed E-state index contributed by atoms with van der Waals surface area (Å²) < 4.78 is 5.96. The molecule has 3 nitrogen and oxygen atoms in total. The predicted octanol–water partition coefficient (Wildman–Crippen LogP) is 4.56. The van der Waals surface area contributed by atoms with Gasteiger partial charge in [0.2, 0.25) is 0 Å². The SMILES string of the molecule is CCCCC(CC)COc1ccnc(CNC(C)(C)C)c1. The van der Waals surface area contributed by atoms with Crippen LogP contribution < -0.4 is 10.1 Å². The van der Waals surface area contributed by atoms with Crippen LogP contribution in [0.25, 0.3) is 0 Å². The summed E-state index contributed by atoms with van der Waals surface area (Å²) in [6.07, 6.45) is 6.83. The molecule has 0 aromatic carbocycles. The fourth-order valence-corrected chi connectivity index (χ4v) is 2.11. The Balaban J connectivity index is 2.48. The Bertz CT molecular complexity index is 398. The van der Waals surface area contributed by atoms with E-state index < -0.39 is 0 Å². The molecule has 0 fully saturated rings. The molecule has 0 aliphatic carbocycles. The molecule has 21 heavy (non-hydrogen) atoms. The van der Waals surface area contributed by atoms with Crippen molar-refractivity contribution in [2.75, 3.05) is 6.61 Å². The van der Waals surface area contributed by atoms with Crippen molar-refractivity contribution < 1.29 is 4.74 Å². The van der Waals surface area contributed by atoms with E-state index >= 15 is 0 Å². The zero-order chi connectivity index (χ0) is 15.7. The second kappa shape index (κ2) is 9.04. The normalized spacial score (nSPS) is 13.2. The summed E-state index contributed by atoms with van der Waals surface area (Å²) in [7, 11) is 0. The molecule has 0 aliphatic rings. The summed E-state index contributed by atoms with van der Waals surface area (Å²) in [5.74, 6) is 1.60. The first-order valence-electron chi connectivity index (χ1n) is 8.27. The minimum atomic E-state index is 0.103. The maximum atomic E-state index is 5.96. The quantitative estimate of drug-likeness (QED) is 0.724. The van der Waals surface area contributed by atoms with Crippen LogP contribution >= 0.6 is 0 Å². The number of nitrogens with zero attached hydrogens (tertiary/aromatic N) is 1. The first kappa shape index (κ1) is 18.0. The lowest BCUT2D eigenvalue weighted by Crippen LogP contribution is -2.35. The number of hydrogen-bond donors (Lipinski definition) is 1. The van der Waals surface area contributed by atoms with Crippen LogP contribution in [-0.4, -0.2) is 17.1 Å². The smallest absolute Gasteiger partial charge is 0.122 e. The summed E-state index contributed by atoms with van der Waals surface area (Å²) in [4.78, 5) is 4.40. The van der Waals surface area contributed by atoms with Crippen molar-refractivity contribution in [2.24, 2.45) is 5.92 Å². The van der Waals surface area contributed by atoms with E-state index in [0.29, 0.717) is 5.92 Å². The lowest BCUT2D eigenvalue weighted by atomic mass is 10.0. The van der Waals surface area contributed by atoms with Crippen LogP contribution in [0, 0.1) is 5.92 Å². The monoisotopic (exact) mass is 292 g/mol. The molecule has 3 heteroatoms. The van der Waals surface area contributed by atoms with Crippen LogP contribution in [0.15, 0.2) is 18.3 Å². The number of rotatable bonds is 9. The molecule has 0 aliphatic heterocycles. The highest BCUT2D eigenvalue weighted by Gasteiger charge is 2.10. The molecule has 0 bridgehead atoms. The number of hydrogen-bond acceptors (Lipinski definition) is 3. The highest BCUT2D eigenvalue weighted by atomic mass is 16.5. The molecule has 1 aromatic heterocycles. The van der Waals surface area contributed by atoms with Gasteiger partial charge in [-0.15, -0.1) is 0 Å². The Hall–Kier alpha value is -1.09. The van der Waals surface area contributed by atoms with E-state index in [1.807, 2.05) is 18.3 Å². The van der Waals surface area contributed by atoms with Crippen molar-refractivity contribution in [1.82, 2.24) is 10.3 Å².